The molecule has 0 amide bonds. The Kier molecular flexibility index (Phi) is 4.67. The number of benzene rings is 1. The lowest BCUT2D eigenvalue weighted by Gasteiger charge is -2.07. The van der Waals surface area contributed by atoms with Gasteiger partial charge in [-0.1, -0.05) is 37.1 Å². The predicted octanol–water partition coefficient (Wildman–Crippen LogP) is 4.42. The van der Waals surface area contributed by atoms with Crippen LogP contribution in [-0.4, -0.2) is 14.9 Å². The van der Waals surface area contributed by atoms with Crippen LogP contribution < -0.4 is 0 Å². The zero-order chi connectivity index (χ0) is 14.7. The summed E-state index contributed by atoms with van der Waals surface area (Å²) in [5.74, 6) is 0.272. The number of para-hydroxylation sites is 1. The van der Waals surface area contributed by atoms with Gasteiger partial charge in [-0.05, 0) is 28.4 Å². The zero-order valence-corrected chi connectivity index (χ0v) is 13.0. The van der Waals surface area contributed by atoms with Crippen molar-refractivity contribution in [2.24, 2.45) is 0 Å². The molecule has 0 N–H and O–H groups in total. The Labute approximate surface area is 129 Å². The molecule has 2 aromatic rings. The summed E-state index contributed by atoms with van der Waals surface area (Å²) < 4.78 is 0.642. The number of aryl methyl sites for hydroxylation is 1. The summed E-state index contributed by atoms with van der Waals surface area (Å²) >= 11 is 9.41. The molecule has 104 valence electrons. The lowest BCUT2D eigenvalue weighted by atomic mass is 10.1. The number of rotatable bonds is 4. The van der Waals surface area contributed by atoms with Gasteiger partial charge in [-0.25, -0.2) is 9.97 Å². The molecule has 1 heterocycles. The first kappa shape index (κ1) is 14.9. The molecule has 0 fully saturated rings. The van der Waals surface area contributed by atoms with Gasteiger partial charge < -0.3 is 0 Å². The molecular formula is C13H11BrClN3O2. The smallest absolute Gasteiger partial charge is 0.258 e. The van der Waals surface area contributed by atoms with Gasteiger partial charge in [0.1, 0.15) is 5.15 Å². The summed E-state index contributed by atoms with van der Waals surface area (Å²) in [5.41, 5.74) is 1.08. The standard InChI is InChI=1S/C13H11BrClN3O2/c1-2-5-9-11(14)12(15)17-13(16-9)8-6-3-4-7-10(8)18(19)20/h3-4,6-7H,2,5H2,1H3. The summed E-state index contributed by atoms with van der Waals surface area (Å²) in [6.45, 7) is 2.02. The van der Waals surface area contributed by atoms with Gasteiger partial charge in [0.25, 0.3) is 5.69 Å². The average Bonchev–Trinajstić information content (AvgIpc) is 2.43. The molecule has 0 atom stereocenters. The molecule has 7 heteroatoms. The second-order valence-corrected chi connectivity index (χ2v) is 5.27. The maximum absolute atomic E-state index is 11.1. The quantitative estimate of drug-likeness (QED) is 0.462. The summed E-state index contributed by atoms with van der Waals surface area (Å²) in [7, 11) is 0. The molecule has 0 aliphatic heterocycles. The topological polar surface area (TPSA) is 68.9 Å². The third-order valence-corrected chi connectivity index (χ3v) is 4.04. The molecule has 20 heavy (non-hydrogen) atoms. The van der Waals surface area contributed by atoms with Crippen molar-refractivity contribution in [3.63, 3.8) is 0 Å². The van der Waals surface area contributed by atoms with Crippen LogP contribution in [0.4, 0.5) is 5.69 Å². The van der Waals surface area contributed by atoms with Crippen molar-refractivity contribution < 1.29 is 4.92 Å². The maximum Gasteiger partial charge on any atom is 0.280 e. The van der Waals surface area contributed by atoms with E-state index in [0.29, 0.717) is 10.0 Å². The average molecular weight is 357 g/mol. The Morgan fingerprint density at radius 2 is 2.05 bits per heavy atom. The highest BCUT2D eigenvalue weighted by atomic mass is 79.9. The fraction of sp³-hybridized carbons (Fsp3) is 0.231. The number of hydrogen-bond donors (Lipinski definition) is 0. The summed E-state index contributed by atoms with van der Waals surface area (Å²) in [6.07, 6.45) is 1.61. The van der Waals surface area contributed by atoms with Crippen LogP contribution in [0, 0.1) is 10.1 Å². The Bertz CT molecular complexity index is 664. The Hall–Kier alpha value is -1.53. The Morgan fingerprint density at radius 3 is 2.70 bits per heavy atom. The van der Waals surface area contributed by atoms with Gasteiger partial charge in [0.15, 0.2) is 5.82 Å². The van der Waals surface area contributed by atoms with Crippen LogP contribution in [-0.2, 0) is 6.42 Å². The van der Waals surface area contributed by atoms with Crippen molar-refractivity contribution in [3.8, 4) is 11.4 Å². The highest BCUT2D eigenvalue weighted by Gasteiger charge is 2.19. The van der Waals surface area contributed by atoms with Gasteiger partial charge in [-0.3, -0.25) is 10.1 Å². The normalized spacial score (nSPS) is 10.6. The van der Waals surface area contributed by atoms with Crippen molar-refractivity contribution in [2.75, 3.05) is 0 Å². The van der Waals surface area contributed by atoms with Crippen LogP contribution in [0.3, 0.4) is 0 Å². The number of halogens is 2. The van der Waals surface area contributed by atoms with E-state index in [4.69, 9.17) is 11.6 Å². The van der Waals surface area contributed by atoms with Gasteiger partial charge in [-0.2, -0.15) is 0 Å². The largest absolute Gasteiger partial charge is 0.280 e. The first-order chi connectivity index (χ1) is 9.54. The maximum atomic E-state index is 11.1. The van der Waals surface area contributed by atoms with E-state index in [1.807, 2.05) is 6.92 Å². The van der Waals surface area contributed by atoms with Gasteiger partial charge in [0.2, 0.25) is 0 Å². The molecular weight excluding hydrogens is 346 g/mol. The summed E-state index contributed by atoms with van der Waals surface area (Å²) in [6, 6.07) is 6.36. The molecule has 0 saturated heterocycles. The SMILES string of the molecule is CCCc1nc(-c2ccccc2[N+](=O)[O-])nc(Cl)c1Br. The second-order valence-electron chi connectivity index (χ2n) is 4.12. The highest BCUT2D eigenvalue weighted by Crippen LogP contribution is 2.31. The van der Waals surface area contributed by atoms with Crippen LogP contribution in [0.25, 0.3) is 11.4 Å². The van der Waals surface area contributed by atoms with E-state index < -0.39 is 4.92 Å². The van der Waals surface area contributed by atoms with Crippen molar-refractivity contribution in [1.82, 2.24) is 9.97 Å². The van der Waals surface area contributed by atoms with Crippen LogP contribution in [0.1, 0.15) is 19.0 Å². The van der Waals surface area contributed by atoms with E-state index in [1.165, 1.54) is 6.07 Å². The monoisotopic (exact) mass is 355 g/mol. The minimum atomic E-state index is -0.450. The fourth-order valence-corrected chi connectivity index (χ4v) is 2.37. The number of nitro groups is 1. The molecule has 0 bridgehead atoms. The van der Waals surface area contributed by atoms with Crippen molar-refractivity contribution in [3.05, 3.63) is 49.7 Å². The minimum Gasteiger partial charge on any atom is -0.258 e. The lowest BCUT2D eigenvalue weighted by molar-refractivity contribution is -0.384. The molecule has 1 aromatic heterocycles. The van der Waals surface area contributed by atoms with Crippen LogP contribution in [0.5, 0.6) is 0 Å². The molecule has 0 radical (unpaired) electrons. The summed E-state index contributed by atoms with van der Waals surface area (Å²) in [4.78, 5) is 19.1. The van der Waals surface area contributed by atoms with Crippen molar-refractivity contribution in [2.45, 2.75) is 19.8 Å². The van der Waals surface area contributed by atoms with Crippen molar-refractivity contribution >= 4 is 33.2 Å². The van der Waals surface area contributed by atoms with Crippen LogP contribution in [0.2, 0.25) is 5.15 Å². The third kappa shape index (κ3) is 2.96. The third-order valence-electron chi connectivity index (χ3n) is 2.71. The van der Waals surface area contributed by atoms with Gasteiger partial charge in [-0.15, -0.1) is 0 Å². The first-order valence-electron chi connectivity index (χ1n) is 6.00. The van der Waals surface area contributed by atoms with E-state index in [2.05, 4.69) is 25.9 Å². The number of nitro benzene ring substituents is 1. The predicted molar refractivity (Wildman–Crippen MR) is 80.8 cm³/mol. The molecule has 1 aromatic carbocycles. The van der Waals surface area contributed by atoms with E-state index in [1.54, 1.807) is 18.2 Å². The molecule has 0 aliphatic carbocycles. The van der Waals surface area contributed by atoms with Gasteiger partial charge >= 0.3 is 0 Å². The van der Waals surface area contributed by atoms with Crippen LogP contribution >= 0.6 is 27.5 Å². The highest BCUT2D eigenvalue weighted by molar-refractivity contribution is 9.10. The second kappa shape index (κ2) is 6.28. The van der Waals surface area contributed by atoms with Gasteiger partial charge in [0.05, 0.1) is 20.7 Å². The first-order valence-corrected chi connectivity index (χ1v) is 7.17. The Balaban J connectivity index is 2.61. The van der Waals surface area contributed by atoms with Crippen molar-refractivity contribution in [1.29, 1.82) is 0 Å². The lowest BCUT2D eigenvalue weighted by Crippen LogP contribution is -2.00. The Morgan fingerprint density at radius 1 is 1.35 bits per heavy atom. The number of hydrogen-bond acceptors (Lipinski definition) is 4. The fourth-order valence-electron chi connectivity index (χ4n) is 1.81. The summed E-state index contributed by atoms with van der Waals surface area (Å²) in [5, 5.41) is 11.3. The molecule has 0 spiro atoms. The van der Waals surface area contributed by atoms with E-state index in [-0.39, 0.29) is 16.7 Å². The van der Waals surface area contributed by atoms with E-state index >= 15 is 0 Å². The number of aromatic nitrogens is 2. The molecule has 5 nitrogen and oxygen atoms in total. The molecule has 2 rings (SSSR count). The minimum absolute atomic E-state index is 0.0339. The number of nitrogens with zero attached hydrogens (tertiary/aromatic N) is 3. The molecule has 0 aliphatic rings. The van der Waals surface area contributed by atoms with E-state index in [9.17, 15) is 10.1 Å². The molecule has 0 unspecified atom stereocenters. The zero-order valence-electron chi connectivity index (χ0n) is 10.6. The van der Waals surface area contributed by atoms with Gasteiger partial charge in [0, 0.05) is 6.07 Å². The molecule has 0 saturated carbocycles. The van der Waals surface area contributed by atoms with Crippen LogP contribution in [0.15, 0.2) is 28.7 Å². The van der Waals surface area contributed by atoms with E-state index in [0.717, 1.165) is 18.5 Å².